The molecule has 2 aromatic rings. The normalized spacial score (nSPS) is 22.5. The van der Waals surface area contributed by atoms with Crippen molar-refractivity contribution in [2.75, 3.05) is 6.54 Å². The number of rotatable bonds is 6. The zero-order valence-electron chi connectivity index (χ0n) is 16.5. The number of halogens is 3. The molecule has 4 rings (SSSR count). The van der Waals surface area contributed by atoms with E-state index in [1.54, 1.807) is 15.8 Å². The molecule has 1 fully saturated rings. The van der Waals surface area contributed by atoms with E-state index in [0.717, 1.165) is 6.07 Å². The first-order valence-corrected chi connectivity index (χ1v) is 9.61. The van der Waals surface area contributed by atoms with Gasteiger partial charge in [0.1, 0.15) is 11.5 Å². The van der Waals surface area contributed by atoms with E-state index < -0.39 is 24.2 Å². The number of nitriles is 1. The van der Waals surface area contributed by atoms with E-state index in [1.807, 2.05) is 0 Å². The first-order chi connectivity index (χ1) is 15.3. The summed E-state index contributed by atoms with van der Waals surface area (Å²) in [6, 6.07) is 5.00. The standard InChI is InChI=1S/C19H18F3N7O3/c20-19(21,22)32-15-4-2-1-3-14(15)16-8-24-18(31-16)17(30)26-12-7-13(28(9-12)11-23)10-29-6-5-25-27-29/h1-6,8,12-13,18,24H,7,9-10H2,(H,26,30)/t12-,13+,18?/m1/s1. The van der Waals surface area contributed by atoms with Gasteiger partial charge in [-0.15, -0.1) is 18.3 Å². The Kier molecular flexibility index (Phi) is 5.76. The lowest BCUT2D eigenvalue weighted by Crippen LogP contribution is -2.46. The largest absolute Gasteiger partial charge is 0.573 e. The lowest BCUT2D eigenvalue weighted by Gasteiger charge is -2.18. The maximum Gasteiger partial charge on any atom is 0.573 e. The number of aromatic nitrogens is 3. The Balaban J connectivity index is 1.35. The fraction of sp³-hybridized carbons (Fsp3) is 0.368. The van der Waals surface area contributed by atoms with Gasteiger partial charge in [0.25, 0.3) is 5.91 Å². The molecule has 10 nitrogen and oxygen atoms in total. The highest BCUT2D eigenvalue weighted by atomic mass is 19.4. The first kappa shape index (κ1) is 21.3. The van der Waals surface area contributed by atoms with Crippen LogP contribution in [0.4, 0.5) is 13.2 Å². The summed E-state index contributed by atoms with van der Waals surface area (Å²) < 4.78 is 49.1. The van der Waals surface area contributed by atoms with Gasteiger partial charge in [-0.25, -0.2) is 0 Å². The van der Waals surface area contributed by atoms with Gasteiger partial charge in [0.2, 0.25) is 6.23 Å². The number of carbonyl (C=O) groups excluding carboxylic acids is 1. The number of hydrogen-bond donors (Lipinski definition) is 2. The van der Waals surface area contributed by atoms with Crippen molar-refractivity contribution in [3.05, 3.63) is 48.4 Å². The van der Waals surface area contributed by atoms with Crippen molar-refractivity contribution in [3.8, 4) is 11.9 Å². The Morgan fingerprint density at radius 1 is 1.41 bits per heavy atom. The molecule has 1 saturated heterocycles. The highest BCUT2D eigenvalue weighted by molar-refractivity contribution is 5.83. The van der Waals surface area contributed by atoms with Crippen LogP contribution in [0.25, 0.3) is 5.76 Å². The van der Waals surface area contributed by atoms with Gasteiger partial charge in [-0.1, -0.05) is 17.3 Å². The fourth-order valence-corrected chi connectivity index (χ4v) is 3.64. The number of carbonyl (C=O) groups is 1. The molecule has 0 radical (unpaired) electrons. The van der Waals surface area contributed by atoms with Crippen molar-refractivity contribution in [2.45, 2.75) is 37.6 Å². The second-order valence-corrected chi connectivity index (χ2v) is 7.19. The molecule has 2 N–H and O–H groups in total. The molecule has 0 spiro atoms. The molecular weight excluding hydrogens is 431 g/mol. The lowest BCUT2D eigenvalue weighted by atomic mass is 10.1. The van der Waals surface area contributed by atoms with Crippen LogP contribution in [0.3, 0.4) is 0 Å². The minimum absolute atomic E-state index is 0.0409. The summed E-state index contributed by atoms with van der Waals surface area (Å²) in [6.45, 7) is 0.761. The second-order valence-electron chi connectivity index (χ2n) is 7.19. The van der Waals surface area contributed by atoms with Crippen LogP contribution in [0, 0.1) is 11.5 Å². The summed E-state index contributed by atoms with van der Waals surface area (Å²) in [6.07, 6.45) is 1.16. The van der Waals surface area contributed by atoms with Gasteiger partial charge in [-0.2, -0.15) is 5.26 Å². The molecule has 168 valence electrons. The minimum Gasteiger partial charge on any atom is -0.459 e. The van der Waals surface area contributed by atoms with Crippen molar-refractivity contribution < 1.29 is 27.4 Å². The number of likely N-dealkylation sites (tertiary alicyclic amines) is 1. The van der Waals surface area contributed by atoms with E-state index in [9.17, 15) is 23.2 Å². The average molecular weight is 449 g/mol. The van der Waals surface area contributed by atoms with Crippen LogP contribution in [0.1, 0.15) is 12.0 Å². The maximum atomic E-state index is 12.7. The van der Waals surface area contributed by atoms with E-state index in [2.05, 4.69) is 31.9 Å². The second kappa shape index (κ2) is 8.66. The number of alkyl halides is 3. The Morgan fingerprint density at radius 2 is 2.22 bits per heavy atom. The van der Waals surface area contributed by atoms with Gasteiger partial charge in [0.05, 0.1) is 24.3 Å². The summed E-state index contributed by atoms with van der Waals surface area (Å²) in [7, 11) is 0. The predicted molar refractivity (Wildman–Crippen MR) is 102 cm³/mol. The van der Waals surface area contributed by atoms with Crippen LogP contribution in [0.2, 0.25) is 0 Å². The molecule has 1 aromatic carbocycles. The molecule has 0 saturated carbocycles. The van der Waals surface area contributed by atoms with Crippen molar-refractivity contribution >= 4 is 11.7 Å². The Morgan fingerprint density at radius 3 is 2.94 bits per heavy atom. The molecule has 0 bridgehead atoms. The number of benzene rings is 1. The van der Waals surface area contributed by atoms with E-state index in [-0.39, 0.29) is 23.4 Å². The van der Waals surface area contributed by atoms with E-state index in [1.165, 1.54) is 30.6 Å². The van der Waals surface area contributed by atoms with Crippen molar-refractivity contribution in [3.63, 3.8) is 0 Å². The average Bonchev–Trinajstić information content (AvgIpc) is 3.48. The van der Waals surface area contributed by atoms with Crippen LogP contribution in [-0.2, 0) is 16.1 Å². The van der Waals surface area contributed by atoms with Crippen molar-refractivity contribution in [1.82, 2.24) is 30.5 Å². The molecule has 2 aliphatic heterocycles. The summed E-state index contributed by atoms with van der Waals surface area (Å²) in [4.78, 5) is 14.2. The molecule has 2 aliphatic rings. The zero-order valence-corrected chi connectivity index (χ0v) is 16.5. The summed E-state index contributed by atoms with van der Waals surface area (Å²) in [5, 5.41) is 22.5. The van der Waals surface area contributed by atoms with Gasteiger partial charge in [0.15, 0.2) is 6.19 Å². The van der Waals surface area contributed by atoms with Crippen molar-refractivity contribution in [2.24, 2.45) is 0 Å². The number of amides is 1. The Labute approximate surface area is 180 Å². The Hall–Kier alpha value is -3.95. The first-order valence-electron chi connectivity index (χ1n) is 9.61. The highest BCUT2D eigenvalue weighted by Gasteiger charge is 2.37. The summed E-state index contributed by atoms with van der Waals surface area (Å²) >= 11 is 0. The molecule has 0 aliphatic carbocycles. The lowest BCUT2D eigenvalue weighted by molar-refractivity contribution is -0.274. The van der Waals surface area contributed by atoms with Gasteiger partial charge < -0.3 is 25.0 Å². The van der Waals surface area contributed by atoms with Crippen LogP contribution in [0.5, 0.6) is 5.75 Å². The smallest absolute Gasteiger partial charge is 0.459 e. The monoisotopic (exact) mass is 449 g/mol. The highest BCUT2D eigenvalue weighted by Crippen LogP contribution is 2.33. The maximum absolute atomic E-state index is 12.7. The van der Waals surface area contributed by atoms with Crippen LogP contribution >= 0.6 is 0 Å². The third kappa shape index (κ3) is 4.85. The molecular formula is C19H18F3N7O3. The number of hydrogen-bond acceptors (Lipinski definition) is 8. The third-order valence-electron chi connectivity index (χ3n) is 4.99. The topological polar surface area (TPSA) is 117 Å². The van der Waals surface area contributed by atoms with Gasteiger partial charge >= 0.3 is 6.36 Å². The van der Waals surface area contributed by atoms with E-state index >= 15 is 0 Å². The molecule has 3 heterocycles. The minimum atomic E-state index is -4.86. The number of ether oxygens (including phenoxy) is 2. The van der Waals surface area contributed by atoms with Crippen LogP contribution < -0.4 is 15.4 Å². The number of para-hydroxylation sites is 1. The summed E-state index contributed by atoms with van der Waals surface area (Å²) in [5.74, 6) is -0.903. The number of nitrogens with one attached hydrogen (secondary N) is 2. The van der Waals surface area contributed by atoms with Gasteiger partial charge in [-0.3, -0.25) is 9.48 Å². The molecule has 13 heteroatoms. The predicted octanol–water partition coefficient (Wildman–Crippen LogP) is 1.16. The van der Waals surface area contributed by atoms with E-state index in [0.29, 0.717) is 19.5 Å². The molecule has 1 unspecified atom stereocenters. The van der Waals surface area contributed by atoms with Gasteiger partial charge in [0, 0.05) is 25.0 Å². The Bertz CT molecular complexity index is 1040. The molecule has 32 heavy (non-hydrogen) atoms. The number of nitrogens with zero attached hydrogens (tertiary/aromatic N) is 5. The van der Waals surface area contributed by atoms with Crippen LogP contribution in [0.15, 0.2) is 42.9 Å². The molecule has 1 aromatic heterocycles. The fourth-order valence-electron chi connectivity index (χ4n) is 3.64. The SMILES string of the molecule is N#CN1C[C@H](NC(=O)C2NC=C(c3ccccc3OC(F)(F)F)O2)C[C@H]1Cn1ccnn1. The van der Waals surface area contributed by atoms with Crippen molar-refractivity contribution in [1.29, 1.82) is 5.26 Å². The molecule has 1 amide bonds. The van der Waals surface area contributed by atoms with Crippen LogP contribution in [-0.4, -0.2) is 57.0 Å². The van der Waals surface area contributed by atoms with Gasteiger partial charge in [-0.05, 0) is 18.6 Å². The zero-order chi connectivity index (χ0) is 22.7. The summed E-state index contributed by atoms with van der Waals surface area (Å²) in [5.41, 5.74) is 0.0528. The van der Waals surface area contributed by atoms with E-state index in [4.69, 9.17) is 4.74 Å². The quantitative estimate of drug-likeness (QED) is 0.631. The third-order valence-corrected chi connectivity index (χ3v) is 4.99. The molecule has 3 atom stereocenters.